The van der Waals surface area contributed by atoms with E-state index in [1.165, 1.54) is 44.6 Å². The average molecular weight is 313 g/mol. The van der Waals surface area contributed by atoms with Crippen LogP contribution in [0.3, 0.4) is 0 Å². The molecule has 4 rings (SSSR count). The van der Waals surface area contributed by atoms with Gasteiger partial charge in [-0.15, -0.1) is 0 Å². The molecule has 1 N–H and O–H groups in total. The van der Waals surface area contributed by atoms with Crippen molar-refractivity contribution < 1.29 is 0 Å². The predicted molar refractivity (Wildman–Crippen MR) is 92.6 cm³/mol. The van der Waals surface area contributed by atoms with E-state index < -0.39 is 0 Å². The molecule has 124 valence electrons. The minimum atomic E-state index is 0.532. The molecule has 0 spiro atoms. The zero-order valence-corrected chi connectivity index (χ0v) is 14.0. The molecular formula is C18H27N5. The molecule has 0 aliphatic carbocycles. The molecule has 2 saturated heterocycles. The summed E-state index contributed by atoms with van der Waals surface area (Å²) >= 11 is 0. The molecule has 1 atom stereocenters. The lowest BCUT2D eigenvalue weighted by Gasteiger charge is -2.30. The van der Waals surface area contributed by atoms with Gasteiger partial charge >= 0.3 is 0 Å². The van der Waals surface area contributed by atoms with Crippen LogP contribution in [0.4, 0.5) is 0 Å². The van der Waals surface area contributed by atoms with E-state index in [0.29, 0.717) is 5.92 Å². The van der Waals surface area contributed by atoms with E-state index >= 15 is 0 Å². The first-order valence-electron chi connectivity index (χ1n) is 9.01. The highest BCUT2D eigenvalue weighted by Gasteiger charge is 2.25. The molecule has 1 unspecified atom stereocenters. The number of hydrogen-bond acceptors (Lipinski definition) is 4. The Morgan fingerprint density at radius 1 is 1.26 bits per heavy atom. The van der Waals surface area contributed by atoms with Crippen molar-refractivity contribution in [3.05, 3.63) is 24.2 Å². The number of rotatable bonds is 3. The lowest BCUT2D eigenvalue weighted by Crippen LogP contribution is -2.33. The summed E-state index contributed by atoms with van der Waals surface area (Å²) in [6.45, 7) is 5.70. The normalized spacial score (nSPS) is 24.3. The van der Waals surface area contributed by atoms with Crippen LogP contribution in [0.15, 0.2) is 18.3 Å². The van der Waals surface area contributed by atoms with Gasteiger partial charge in [-0.25, -0.2) is 9.97 Å². The van der Waals surface area contributed by atoms with Gasteiger partial charge in [-0.1, -0.05) is 0 Å². The number of aromatic nitrogens is 3. The smallest absolute Gasteiger partial charge is 0.160 e. The van der Waals surface area contributed by atoms with Crippen molar-refractivity contribution in [2.45, 2.75) is 38.1 Å². The van der Waals surface area contributed by atoms with E-state index in [-0.39, 0.29) is 0 Å². The lowest BCUT2D eigenvalue weighted by molar-refractivity contribution is 0.204. The van der Waals surface area contributed by atoms with Gasteiger partial charge in [0.15, 0.2) is 5.65 Å². The first-order chi connectivity index (χ1) is 11.3. The fraction of sp³-hybridized carbons (Fsp3) is 0.667. The number of pyridine rings is 1. The quantitative estimate of drug-likeness (QED) is 0.944. The van der Waals surface area contributed by atoms with Gasteiger partial charge < -0.3 is 14.8 Å². The summed E-state index contributed by atoms with van der Waals surface area (Å²) < 4.78 is 2.43. The number of likely N-dealkylation sites (tertiary alicyclic amines) is 1. The van der Waals surface area contributed by atoms with Crippen molar-refractivity contribution in [3.8, 4) is 0 Å². The number of fused-ring (bicyclic) bond motifs is 1. The molecule has 2 aromatic rings. The SMILES string of the molecule is CN1CCC(Cn2c(C3CCCNC3)nc3cccnc32)CC1. The summed E-state index contributed by atoms with van der Waals surface area (Å²) in [6.07, 6.45) is 6.95. The fourth-order valence-electron chi connectivity index (χ4n) is 4.04. The first kappa shape index (κ1) is 15.1. The molecule has 23 heavy (non-hydrogen) atoms. The Bertz CT molecular complexity index is 650. The molecule has 4 heterocycles. The molecule has 0 amide bonds. The average Bonchev–Trinajstić information content (AvgIpc) is 2.96. The van der Waals surface area contributed by atoms with E-state index in [1.54, 1.807) is 0 Å². The second kappa shape index (κ2) is 6.57. The Labute approximate surface area is 138 Å². The van der Waals surface area contributed by atoms with Crippen LogP contribution in [0, 0.1) is 5.92 Å². The van der Waals surface area contributed by atoms with Crippen molar-refractivity contribution in [2.75, 3.05) is 33.2 Å². The molecular weight excluding hydrogens is 286 g/mol. The lowest BCUT2D eigenvalue weighted by atomic mass is 9.95. The second-order valence-electron chi connectivity index (χ2n) is 7.22. The van der Waals surface area contributed by atoms with E-state index in [1.807, 2.05) is 12.3 Å². The molecule has 5 nitrogen and oxygen atoms in total. The third kappa shape index (κ3) is 3.12. The van der Waals surface area contributed by atoms with E-state index in [0.717, 1.165) is 36.7 Å². The van der Waals surface area contributed by atoms with E-state index in [9.17, 15) is 0 Å². The van der Waals surface area contributed by atoms with Crippen LogP contribution in [-0.2, 0) is 6.54 Å². The Balaban J connectivity index is 1.65. The molecule has 2 aliphatic rings. The number of piperidine rings is 2. The number of nitrogens with one attached hydrogen (secondary N) is 1. The molecule has 0 aromatic carbocycles. The standard InChI is InChI=1S/C18H27N5/c1-22-10-6-14(7-11-22)13-23-17(15-4-2-8-19-12-15)21-16-5-3-9-20-18(16)23/h3,5,9,14-15,19H,2,4,6-8,10-13H2,1H3. The zero-order valence-electron chi connectivity index (χ0n) is 14.0. The topological polar surface area (TPSA) is 46.0 Å². The summed E-state index contributed by atoms with van der Waals surface area (Å²) in [6, 6.07) is 4.10. The summed E-state index contributed by atoms with van der Waals surface area (Å²) in [7, 11) is 2.23. The fourth-order valence-corrected chi connectivity index (χ4v) is 4.04. The third-order valence-electron chi connectivity index (χ3n) is 5.47. The van der Waals surface area contributed by atoms with Crippen molar-refractivity contribution in [2.24, 2.45) is 5.92 Å². The monoisotopic (exact) mass is 313 g/mol. The van der Waals surface area contributed by atoms with E-state index in [4.69, 9.17) is 4.98 Å². The maximum atomic E-state index is 4.97. The van der Waals surface area contributed by atoms with Gasteiger partial charge in [0, 0.05) is 25.2 Å². The summed E-state index contributed by atoms with van der Waals surface area (Å²) in [5.74, 6) is 2.54. The second-order valence-corrected chi connectivity index (χ2v) is 7.22. The maximum Gasteiger partial charge on any atom is 0.160 e. The number of imidazole rings is 1. The van der Waals surface area contributed by atoms with Gasteiger partial charge in [0.25, 0.3) is 0 Å². The highest BCUT2D eigenvalue weighted by atomic mass is 15.1. The summed E-state index contributed by atoms with van der Waals surface area (Å²) in [5.41, 5.74) is 2.13. The minimum Gasteiger partial charge on any atom is -0.316 e. The van der Waals surface area contributed by atoms with Crippen molar-refractivity contribution in [3.63, 3.8) is 0 Å². The molecule has 2 aliphatic heterocycles. The van der Waals surface area contributed by atoms with Crippen LogP contribution >= 0.6 is 0 Å². The molecule has 5 heteroatoms. The molecule has 0 radical (unpaired) electrons. The van der Waals surface area contributed by atoms with Crippen molar-refractivity contribution in [1.82, 2.24) is 24.8 Å². The zero-order chi connectivity index (χ0) is 15.6. The third-order valence-corrected chi connectivity index (χ3v) is 5.47. The van der Waals surface area contributed by atoms with Gasteiger partial charge in [-0.05, 0) is 70.4 Å². The predicted octanol–water partition coefficient (Wildman–Crippen LogP) is 2.24. The van der Waals surface area contributed by atoms with Crippen LogP contribution in [0.25, 0.3) is 11.2 Å². The highest BCUT2D eigenvalue weighted by molar-refractivity contribution is 5.71. The molecule has 0 bridgehead atoms. The highest BCUT2D eigenvalue weighted by Crippen LogP contribution is 2.28. The van der Waals surface area contributed by atoms with Gasteiger partial charge in [0.05, 0.1) is 0 Å². The van der Waals surface area contributed by atoms with Crippen LogP contribution in [0.2, 0.25) is 0 Å². The van der Waals surface area contributed by atoms with Crippen LogP contribution in [-0.4, -0.2) is 52.7 Å². The number of hydrogen-bond donors (Lipinski definition) is 1. The summed E-state index contributed by atoms with van der Waals surface area (Å²) in [5, 5.41) is 3.53. The Kier molecular flexibility index (Phi) is 4.31. The van der Waals surface area contributed by atoms with Crippen LogP contribution in [0.1, 0.15) is 37.4 Å². The molecule has 2 fully saturated rings. The minimum absolute atomic E-state index is 0.532. The first-order valence-corrected chi connectivity index (χ1v) is 9.01. The van der Waals surface area contributed by atoms with Crippen LogP contribution in [0.5, 0.6) is 0 Å². The van der Waals surface area contributed by atoms with Gasteiger partial charge in [0.2, 0.25) is 0 Å². The van der Waals surface area contributed by atoms with Crippen molar-refractivity contribution in [1.29, 1.82) is 0 Å². The van der Waals surface area contributed by atoms with Gasteiger partial charge in [-0.2, -0.15) is 0 Å². The molecule has 0 saturated carbocycles. The number of nitrogens with zero attached hydrogens (tertiary/aromatic N) is 4. The van der Waals surface area contributed by atoms with Gasteiger partial charge in [0.1, 0.15) is 11.3 Å². The Morgan fingerprint density at radius 3 is 2.91 bits per heavy atom. The van der Waals surface area contributed by atoms with Crippen LogP contribution < -0.4 is 5.32 Å². The van der Waals surface area contributed by atoms with Crippen molar-refractivity contribution >= 4 is 11.2 Å². The molecule has 2 aromatic heterocycles. The van der Waals surface area contributed by atoms with Gasteiger partial charge in [-0.3, -0.25) is 0 Å². The van der Waals surface area contributed by atoms with E-state index in [2.05, 4.69) is 32.9 Å². The largest absolute Gasteiger partial charge is 0.316 e. The Hall–Kier alpha value is -1.46. The maximum absolute atomic E-state index is 4.97. The summed E-state index contributed by atoms with van der Waals surface area (Å²) in [4.78, 5) is 12.1. The Morgan fingerprint density at radius 2 is 2.13 bits per heavy atom.